The van der Waals surface area contributed by atoms with Crippen molar-refractivity contribution < 1.29 is 4.79 Å². The van der Waals surface area contributed by atoms with Gasteiger partial charge in [-0.25, -0.2) is 0 Å². The molecule has 1 N–H and O–H groups in total. The van der Waals surface area contributed by atoms with Crippen molar-refractivity contribution in [3.63, 3.8) is 0 Å². The fourth-order valence-electron chi connectivity index (χ4n) is 0.560. The molecule has 0 spiro atoms. The molecule has 0 aromatic carbocycles. The van der Waals surface area contributed by atoms with Crippen LogP contribution in [0.1, 0.15) is 9.67 Å². The van der Waals surface area contributed by atoms with E-state index in [1.54, 1.807) is 13.1 Å². The molecule has 0 unspecified atom stereocenters. The summed E-state index contributed by atoms with van der Waals surface area (Å²) in [7, 11) is 1.62. The van der Waals surface area contributed by atoms with Gasteiger partial charge in [-0.05, 0) is 28.1 Å². The number of rotatable bonds is 1. The number of thiophene rings is 1. The highest BCUT2D eigenvalue weighted by molar-refractivity contribution is 9.11. The SMILES string of the molecule is CNC(=O)c1ccc([76Br])s1. The Morgan fingerprint density at radius 3 is 2.80 bits per heavy atom. The van der Waals surface area contributed by atoms with E-state index in [2.05, 4.69) is 21.2 Å². The summed E-state index contributed by atoms with van der Waals surface area (Å²) >= 11 is 4.69. The van der Waals surface area contributed by atoms with E-state index < -0.39 is 0 Å². The van der Waals surface area contributed by atoms with E-state index in [1.165, 1.54) is 11.3 Å². The molecule has 0 saturated heterocycles. The van der Waals surface area contributed by atoms with Crippen LogP contribution in [0.15, 0.2) is 15.9 Å². The van der Waals surface area contributed by atoms with Gasteiger partial charge < -0.3 is 5.32 Å². The molecule has 54 valence electrons. The summed E-state index contributed by atoms with van der Waals surface area (Å²) in [6.07, 6.45) is 0. The number of amides is 1. The van der Waals surface area contributed by atoms with Crippen LogP contribution in [-0.4, -0.2) is 13.0 Å². The lowest BCUT2D eigenvalue weighted by molar-refractivity contribution is 0.0967. The van der Waals surface area contributed by atoms with Crippen molar-refractivity contribution in [2.75, 3.05) is 7.05 Å². The fourth-order valence-corrected chi connectivity index (χ4v) is 1.89. The highest BCUT2D eigenvalue weighted by Gasteiger charge is 2.04. The molecule has 1 rings (SSSR count). The first-order chi connectivity index (χ1) is 4.74. The van der Waals surface area contributed by atoms with Gasteiger partial charge in [-0.3, -0.25) is 4.79 Å². The molecule has 4 heteroatoms. The number of halogens is 1. The third-order valence-corrected chi connectivity index (χ3v) is 2.65. The Morgan fingerprint density at radius 1 is 1.70 bits per heavy atom. The first-order valence-electron chi connectivity index (χ1n) is 2.71. The van der Waals surface area contributed by atoms with E-state index in [1.807, 2.05) is 6.07 Å². The minimum absolute atomic E-state index is 0.0318. The van der Waals surface area contributed by atoms with Crippen LogP contribution in [0.2, 0.25) is 0 Å². The van der Waals surface area contributed by atoms with E-state index in [-0.39, 0.29) is 5.91 Å². The van der Waals surface area contributed by atoms with Crippen LogP contribution in [0.25, 0.3) is 0 Å². The Kier molecular flexibility index (Phi) is 2.45. The van der Waals surface area contributed by atoms with Gasteiger partial charge in [0.25, 0.3) is 5.91 Å². The van der Waals surface area contributed by atoms with E-state index in [0.29, 0.717) is 0 Å². The minimum Gasteiger partial charge on any atom is -0.354 e. The van der Waals surface area contributed by atoms with E-state index in [9.17, 15) is 4.79 Å². The molecule has 1 aromatic rings. The van der Waals surface area contributed by atoms with Crippen LogP contribution in [0.4, 0.5) is 0 Å². The smallest absolute Gasteiger partial charge is 0.261 e. The molecule has 0 aliphatic rings. The van der Waals surface area contributed by atoms with Crippen molar-refractivity contribution in [3.05, 3.63) is 20.8 Å². The van der Waals surface area contributed by atoms with Gasteiger partial charge in [-0.15, -0.1) is 11.3 Å². The highest BCUT2D eigenvalue weighted by atomic mass is 75.9. The molecule has 1 heterocycles. The maximum Gasteiger partial charge on any atom is 0.261 e. The Bertz CT molecular complexity index is 246. The average molecular weight is 216 g/mol. The van der Waals surface area contributed by atoms with Crippen molar-refractivity contribution in [2.24, 2.45) is 0 Å². The summed E-state index contributed by atoms with van der Waals surface area (Å²) in [5.41, 5.74) is 0. The Morgan fingerprint density at radius 2 is 2.40 bits per heavy atom. The second-order valence-corrected chi connectivity index (χ2v) is 4.15. The average Bonchev–Trinajstić information content (AvgIpc) is 2.34. The summed E-state index contributed by atoms with van der Waals surface area (Å²) in [5, 5.41) is 2.55. The molecule has 10 heavy (non-hydrogen) atoms. The Balaban J connectivity index is 2.85. The lowest BCUT2D eigenvalue weighted by Gasteiger charge is -1.90. The van der Waals surface area contributed by atoms with Gasteiger partial charge in [0.1, 0.15) is 0 Å². The van der Waals surface area contributed by atoms with Crippen LogP contribution >= 0.6 is 27.3 Å². The number of hydrogen-bond donors (Lipinski definition) is 1. The third-order valence-electron chi connectivity index (χ3n) is 1.02. The standard InChI is InChI=1S/C6H6BrNOS/c1-8-6(9)4-2-3-5(7)10-4/h2-3H,1H3,(H,8,9)/i7-4. The van der Waals surface area contributed by atoms with Crippen LogP contribution in [-0.2, 0) is 0 Å². The van der Waals surface area contributed by atoms with Crippen LogP contribution in [0.5, 0.6) is 0 Å². The van der Waals surface area contributed by atoms with Gasteiger partial charge in [0, 0.05) is 7.05 Å². The topological polar surface area (TPSA) is 29.1 Å². The Hall–Kier alpha value is -0.350. The molecule has 0 aliphatic heterocycles. The van der Waals surface area contributed by atoms with Gasteiger partial charge in [-0.2, -0.15) is 0 Å². The third kappa shape index (κ3) is 1.58. The zero-order valence-corrected chi connectivity index (χ0v) is 7.75. The number of hydrogen-bond acceptors (Lipinski definition) is 2. The summed E-state index contributed by atoms with van der Waals surface area (Å²) < 4.78 is 0.978. The normalized spacial score (nSPS) is 9.40. The molecule has 0 atom stereocenters. The summed E-state index contributed by atoms with van der Waals surface area (Å²) in [5.74, 6) is -0.0318. The Labute approximate surface area is 71.4 Å². The first-order valence-corrected chi connectivity index (χ1v) is 4.32. The second kappa shape index (κ2) is 3.16. The second-order valence-electron chi connectivity index (χ2n) is 1.68. The molecule has 2 nitrogen and oxygen atoms in total. The van der Waals surface area contributed by atoms with E-state index in [4.69, 9.17) is 0 Å². The maximum absolute atomic E-state index is 10.9. The van der Waals surface area contributed by atoms with Gasteiger partial charge in [0.15, 0.2) is 0 Å². The predicted molar refractivity (Wildman–Crippen MR) is 45.4 cm³/mol. The van der Waals surface area contributed by atoms with Crippen molar-refractivity contribution in [3.8, 4) is 0 Å². The van der Waals surface area contributed by atoms with Crippen molar-refractivity contribution in [2.45, 2.75) is 0 Å². The van der Waals surface area contributed by atoms with Gasteiger partial charge >= 0.3 is 0 Å². The zero-order chi connectivity index (χ0) is 7.56. The maximum atomic E-state index is 10.9. The molecule has 0 fully saturated rings. The number of nitrogens with one attached hydrogen (secondary N) is 1. The fraction of sp³-hybridized carbons (Fsp3) is 0.167. The lowest BCUT2D eigenvalue weighted by Crippen LogP contribution is -2.15. The van der Waals surface area contributed by atoms with Gasteiger partial charge in [0.05, 0.1) is 8.66 Å². The molecule has 0 radical (unpaired) electrons. The van der Waals surface area contributed by atoms with Crippen LogP contribution in [0.3, 0.4) is 0 Å². The van der Waals surface area contributed by atoms with Gasteiger partial charge in [-0.1, -0.05) is 0 Å². The lowest BCUT2D eigenvalue weighted by atomic mass is 10.4. The number of carbonyl (C=O) groups excluding carboxylic acids is 1. The monoisotopic (exact) mass is 216 g/mol. The van der Waals surface area contributed by atoms with Crippen molar-refractivity contribution >= 4 is 33.2 Å². The van der Waals surface area contributed by atoms with Crippen LogP contribution < -0.4 is 5.32 Å². The largest absolute Gasteiger partial charge is 0.354 e. The molecule has 0 aliphatic carbocycles. The molecule has 1 amide bonds. The van der Waals surface area contributed by atoms with E-state index in [0.717, 1.165) is 8.66 Å². The number of carbonyl (C=O) groups is 1. The summed E-state index contributed by atoms with van der Waals surface area (Å²) in [6.45, 7) is 0. The minimum atomic E-state index is -0.0318. The molecule has 0 bridgehead atoms. The quantitative estimate of drug-likeness (QED) is 0.762. The highest BCUT2D eigenvalue weighted by Crippen LogP contribution is 2.21. The molecular formula is C6H6BrNOS. The predicted octanol–water partition coefficient (Wildman–Crippen LogP) is 1.87. The van der Waals surface area contributed by atoms with Crippen LogP contribution in [0, 0.1) is 0 Å². The molecule has 1 aromatic heterocycles. The van der Waals surface area contributed by atoms with Gasteiger partial charge in [0.2, 0.25) is 0 Å². The molecule has 0 saturated carbocycles. The summed E-state index contributed by atoms with van der Waals surface area (Å²) in [4.78, 5) is 11.6. The van der Waals surface area contributed by atoms with Crippen molar-refractivity contribution in [1.82, 2.24) is 5.32 Å². The first kappa shape index (κ1) is 7.75. The van der Waals surface area contributed by atoms with E-state index >= 15 is 0 Å². The molecular weight excluding hydrogens is 210 g/mol. The van der Waals surface area contributed by atoms with Crippen molar-refractivity contribution in [1.29, 1.82) is 0 Å². The summed E-state index contributed by atoms with van der Waals surface area (Å²) in [6, 6.07) is 3.64. The zero-order valence-electron chi connectivity index (χ0n) is 5.35.